The van der Waals surface area contributed by atoms with Crippen LogP contribution in [0.25, 0.3) is 10.1 Å². The number of carbonyl (C=O) groups is 3. The van der Waals surface area contributed by atoms with Crippen LogP contribution in [-0.4, -0.2) is 22.9 Å². The Kier molecular flexibility index (Phi) is 7.22. The highest BCUT2D eigenvalue weighted by Crippen LogP contribution is 2.35. The topological polar surface area (TPSA) is 95.5 Å². The molecule has 0 bridgehead atoms. The highest BCUT2D eigenvalue weighted by atomic mass is 35.5. The molecule has 0 radical (unpaired) electrons. The van der Waals surface area contributed by atoms with Crippen molar-refractivity contribution in [2.45, 2.75) is 6.42 Å². The number of nitrogens with one attached hydrogen (secondary N) is 2. The number of thiophene rings is 1. The van der Waals surface area contributed by atoms with E-state index in [0.717, 1.165) is 22.1 Å². The van der Waals surface area contributed by atoms with Crippen LogP contribution in [0, 0.1) is 0 Å². The second-order valence-corrected chi connectivity index (χ2v) is 10.0. The maximum Gasteiger partial charge on any atom is 0.337 e. The largest absolute Gasteiger partial charge is 0.478 e. The van der Waals surface area contributed by atoms with Gasteiger partial charge in [0.2, 0.25) is 0 Å². The van der Waals surface area contributed by atoms with Crippen molar-refractivity contribution in [2.24, 2.45) is 0 Å². The molecule has 4 aromatic carbocycles. The van der Waals surface area contributed by atoms with Gasteiger partial charge in [0.05, 0.1) is 16.3 Å². The Balaban J connectivity index is 1.34. The molecule has 5 aromatic rings. The van der Waals surface area contributed by atoms with Crippen molar-refractivity contribution in [3.63, 3.8) is 0 Å². The van der Waals surface area contributed by atoms with Crippen LogP contribution in [-0.2, 0) is 6.42 Å². The average Bonchev–Trinajstić information content (AvgIpc) is 3.27. The van der Waals surface area contributed by atoms with E-state index in [1.807, 2.05) is 66.7 Å². The molecule has 5 rings (SSSR count). The van der Waals surface area contributed by atoms with E-state index in [-0.39, 0.29) is 21.7 Å². The molecule has 0 spiro atoms. The molecule has 0 atom stereocenters. The molecule has 0 saturated carbocycles. The maximum atomic E-state index is 13.0. The second kappa shape index (κ2) is 10.9. The minimum absolute atomic E-state index is 0.00174. The zero-order valence-corrected chi connectivity index (χ0v) is 21.5. The predicted octanol–water partition coefficient (Wildman–Crippen LogP) is 7.35. The van der Waals surface area contributed by atoms with Gasteiger partial charge in [-0.05, 0) is 53.9 Å². The molecular formula is C30H21ClN2O4S. The number of carboxylic acids is 1. The van der Waals surface area contributed by atoms with E-state index in [1.54, 1.807) is 0 Å². The van der Waals surface area contributed by atoms with E-state index in [0.29, 0.717) is 10.7 Å². The molecule has 0 aliphatic heterocycles. The highest BCUT2D eigenvalue weighted by Gasteiger charge is 2.21. The van der Waals surface area contributed by atoms with Gasteiger partial charge in [-0.3, -0.25) is 9.59 Å². The first-order valence-electron chi connectivity index (χ1n) is 11.7. The zero-order chi connectivity index (χ0) is 26.6. The number of amides is 2. The van der Waals surface area contributed by atoms with Crippen molar-refractivity contribution in [1.29, 1.82) is 0 Å². The molecule has 38 heavy (non-hydrogen) atoms. The van der Waals surface area contributed by atoms with Crippen LogP contribution >= 0.6 is 22.9 Å². The standard InChI is InChI=1S/C30H21ClN2O4S/c31-26-23-8-4-5-9-25(23)38-27(26)29(35)33-24-17-20(12-15-22(24)30(36)37)28(34)32-21-13-10-19(11-14-21)16-18-6-2-1-3-7-18/h1-15,17H,16H2,(H,32,34)(H,33,35)(H,36,37). The van der Waals surface area contributed by atoms with Crippen molar-refractivity contribution in [2.75, 3.05) is 10.6 Å². The molecule has 0 fully saturated rings. The molecule has 3 N–H and O–H groups in total. The van der Waals surface area contributed by atoms with Crippen molar-refractivity contribution in [3.8, 4) is 0 Å². The number of carboxylic acid groups (broad SMARTS) is 1. The monoisotopic (exact) mass is 540 g/mol. The van der Waals surface area contributed by atoms with Crippen LogP contribution in [0.5, 0.6) is 0 Å². The summed E-state index contributed by atoms with van der Waals surface area (Å²) in [5.74, 6) is -2.22. The van der Waals surface area contributed by atoms with E-state index < -0.39 is 17.8 Å². The lowest BCUT2D eigenvalue weighted by atomic mass is 10.0. The smallest absolute Gasteiger partial charge is 0.337 e. The van der Waals surface area contributed by atoms with E-state index in [4.69, 9.17) is 11.6 Å². The lowest BCUT2D eigenvalue weighted by Gasteiger charge is -2.11. The second-order valence-electron chi connectivity index (χ2n) is 8.57. The van der Waals surface area contributed by atoms with Crippen molar-refractivity contribution < 1.29 is 19.5 Å². The first kappa shape index (κ1) is 25.2. The average molecular weight is 541 g/mol. The fourth-order valence-electron chi connectivity index (χ4n) is 4.06. The van der Waals surface area contributed by atoms with Gasteiger partial charge in [0.25, 0.3) is 11.8 Å². The van der Waals surface area contributed by atoms with E-state index in [2.05, 4.69) is 22.8 Å². The number of anilines is 2. The fraction of sp³-hybridized carbons (Fsp3) is 0.0333. The van der Waals surface area contributed by atoms with Gasteiger partial charge in [-0.25, -0.2) is 4.79 Å². The number of hydrogen-bond donors (Lipinski definition) is 3. The Hall–Kier alpha value is -4.46. The number of hydrogen-bond acceptors (Lipinski definition) is 4. The van der Waals surface area contributed by atoms with E-state index in [1.165, 1.54) is 35.1 Å². The molecule has 0 aliphatic rings. The Labute approximate surface area is 227 Å². The first-order valence-corrected chi connectivity index (χ1v) is 12.9. The van der Waals surface area contributed by atoms with E-state index in [9.17, 15) is 19.5 Å². The Morgan fingerprint density at radius 1 is 0.763 bits per heavy atom. The number of benzene rings is 4. The number of rotatable bonds is 7. The molecule has 0 unspecified atom stereocenters. The van der Waals surface area contributed by atoms with Gasteiger partial charge in [0.1, 0.15) is 4.88 Å². The Bertz CT molecular complexity index is 1660. The summed E-state index contributed by atoms with van der Waals surface area (Å²) in [7, 11) is 0. The third-order valence-electron chi connectivity index (χ3n) is 5.96. The van der Waals surface area contributed by atoms with Crippen molar-refractivity contribution >= 4 is 62.2 Å². The summed E-state index contributed by atoms with van der Waals surface area (Å²) in [6.07, 6.45) is 0.776. The van der Waals surface area contributed by atoms with Gasteiger partial charge < -0.3 is 15.7 Å². The summed E-state index contributed by atoms with van der Waals surface area (Å²) in [6.45, 7) is 0. The molecule has 1 heterocycles. The SMILES string of the molecule is O=C(Nc1ccc(Cc2ccccc2)cc1)c1ccc(C(=O)O)c(NC(=O)c2sc3ccccc3c2Cl)c1. The van der Waals surface area contributed by atoms with Gasteiger partial charge >= 0.3 is 5.97 Å². The highest BCUT2D eigenvalue weighted by molar-refractivity contribution is 7.21. The van der Waals surface area contributed by atoms with E-state index >= 15 is 0 Å². The summed E-state index contributed by atoms with van der Waals surface area (Å²) in [6, 6.07) is 29.0. The molecule has 188 valence electrons. The minimum Gasteiger partial charge on any atom is -0.478 e. The van der Waals surface area contributed by atoms with Gasteiger partial charge in [-0.15, -0.1) is 11.3 Å². The van der Waals surface area contributed by atoms with Gasteiger partial charge in [-0.2, -0.15) is 0 Å². The summed E-state index contributed by atoms with van der Waals surface area (Å²) < 4.78 is 0.837. The number of carbonyl (C=O) groups excluding carboxylic acids is 2. The van der Waals surface area contributed by atoms with Crippen molar-refractivity contribution in [1.82, 2.24) is 0 Å². The summed E-state index contributed by atoms with van der Waals surface area (Å²) >= 11 is 7.63. The van der Waals surface area contributed by atoms with Crippen LogP contribution in [0.15, 0.2) is 97.1 Å². The van der Waals surface area contributed by atoms with Crippen LogP contribution in [0.2, 0.25) is 5.02 Å². The molecule has 1 aromatic heterocycles. The minimum atomic E-state index is -1.23. The van der Waals surface area contributed by atoms with Gasteiger partial charge in [0, 0.05) is 21.3 Å². The lowest BCUT2D eigenvalue weighted by molar-refractivity contribution is 0.0697. The van der Waals surface area contributed by atoms with Crippen LogP contribution in [0.1, 0.15) is 41.5 Å². The zero-order valence-electron chi connectivity index (χ0n) is 19.9. The normalized spacial score (nSPS) is 10.8. The summed E-state index contributed by atoms with van der Waals surface area (Å²) in [5.41, 5.74) is 2.94. The van der Waals surface area contributed by atoms with Crippen LogP contribution in [0.4, 0.5) is 11.4 Å². The van der Waals surface area contributed by atoms with Crippen molar-refractivity contribution in [3.05, 3.63) is 129 Å². The number of aromatic carboxylic acids is 1. The molecule has 0 saturated heterocycles. The molecule has 8 heteroatoms. The van der Waals surface area contributed by atoms with Gasteiger partial charge in [0.15, 0.2) is 0 Å². The summed E-state index contributed by atoms with van der Waals surface area (Å²) in [5, 5.41) is 16.1. The lowest BCUT2D eigenvalue weighted by Crippen LogP contribution is -2.17. The predicted molar refractivity (Wildman–Crippen MR) is 152 cm³/mol. The number of fused-ring (bicyclic) bond motifs is 1. The molecule has 0 aliphatic carbocycles. The number of halogens is 1. The first-order chi connectivity index (χ1) is 18.4. The summed E-state index contributed by atoms with van der Waals surface area (Å²) in [4.78, 5) is 38.1. The third-order valence-corrected chi connectivity index (χ3v) is 7.64. The van der Waals surface area contributed by atoms with Gasteiger partial charge in [-0.1, -0.05) is 72.3 Å². The third kappa shape index (κ3) is 5.44. The fourth-order valence-corrected chi connectivity index (χ4v) is 5.47. The maximum absolute atomic E-state index is 13.0. The quantitative estimate of drug-likeness (QED) is 0.201. The van der Waals surface area contributed by atoms with Crippen LogP contribution < -0.4 is 10.6 Å². The Morgan fingerprint density at radius 2 is 1.45 bits per heavy atom. The van der Waals surface area contributed by atoms with Crippen LogP contribution in [0.3, 0.4) is 0 Å². The molecule has 6 nitrogen and oxygen atoms in total. The molecular weight excluding hydrogens is 520 g/mol. The molecule has 2 amide bonds. The Morgan fingerprint density at radius 3 is 2.16 bits per heavy atom.